The number of amides is 1. The van der Waals surface area contributed by atoms with Crippen LogP contribution >= 0.6 is 0 Å². The molecular formula is C23H26N4O2. The topological polar surface area (TPSA) is 79.0 Å². The minimum Gasteiger partial charge on any atom is -0.330 e. The van der Waals surface area contributed by atoms with E-state index < -0.39 is 0 Å². The molecule has 6 nitrogen and oxygen atoms in total. The Morgan fingerprint density at radius 1 is 1.14 bits per heavy atom. The molecule has 150 valence electrons. The minimum atomic E-state index is -0.162. The highest BCUT2D eigenvalue weighted by molar-refractivity contribution is 5.92. The van der Waals surface area contributed by atoms with Gasteiger partial charge in [0.2, 0.25) is 0 Å². The van der Waals surface area contributed by atoms with Gasteiger partial charge in [-0.2, -0.15) is 0 Å². The summed E-state index contributed by atoms with van der Waals surface area (Å²) in [6, 6.07) is 6.17. The smallest absolute Gasteiger partial charge is 0.274 e. The van der Waals surface area contributed by atoms with Crippen LogP contribution in [0.2, 0.25) is 0 Å². The highest BCUT2D eigenvalue weighted by Crippen LogP contribution is 2.26. The van der Waals surface area contributed by atoms with Crippen LogP contribution in [0.25, 0.3) is 10.9 Å². The van der Waals surface area contributed by atoms with Crippen molar-refractivity contribution in [1.29, 1.82) is 0 Å². The van der Waals surface area contributed by atoms with Crippen LogP contribution < -0.4 is 5.56 Å². The van der Waals surface area contributed by atoms with Crippen molar-refractivity contribution in [2.45, 2.75) is 58.5 Å². The summed E-state index contributed by atoms with van der Waals surface area (Å²) in [6.07, 6.45) is 9.88. The third kappa shape index (κ3) is 4.06. The molecule has 0 saturated heterocycles. The van der Waals surface area contributed by atoms with E-state index in [1.54, 1.807) is 6.20 Å². The summed E-state index contributed by atoms with van der Waals surface area (Å²) in [4.78, 5) is 39.1. The number of fused-ring (bicyclic) bond motifs is 1. The number of H-pyrrole nitrogens is 1. The molecule has 1 saturated carbocycles. The van der Waals surface area contributed by atoms with E-state index in [4.69, 9.17) is 0 Å². The maximum absolute atomic E-state index is 13.2. The Morgan fingerprint density at radius 2 is 1.93 bits per heavy atom. The van der Waals surface area contributed by atoms with Gasteiger partial charge in [0.05, 0.1) is 18.3 Å². The molecule has 29 heavy (non-hydrogen) atoms. The number of nitrogens with zero attached hydrogens (tertiary/aromatic N) is 3. The van der Waals surface area contributed by atoms with Gasteiger partial charge in [-0.05, 0) is 49.8 Å². The first kappa shape index (κ1) is 19.3. The number of aromatic amines is 1. The largest absolute Gasteiger partial charge is 0.330 e. The van der Waals surface area contributed by atoms with Crippen molar-refractivity contribution in [2.24, 2.45) is 0 Å². The molecule has 0 unspecified atom stereocenters. The molecule has 6 heteroatoms. The Bertz CT molecular complexity index is 1090. The Kier molecular flexibility index (Phi) is 5.43. The van der Waals surface area contributed by atoms with Crippen molar-refractivity contribution < 1.29 is 4.79 Å². The fraction of sp³-hybridized carbons (Fsp3) is 0.391. The van der Waals surface area contributed by atoms with E-state index >= 15 is 0 Å². The summed E-state index contributed by atoms with van der Waals surface area (Å²) >= 11 is 0. The van der Waals surface area contributed by atoms with Gasteiger partial charge in [0, 0.05) is 24.0 Å². The van der Waals surface area contributed by atoms with Crippen molar-refractivity contribution in [3.63, 3.8) is 0 Å². The number of carbonyl (C=O) groups is 1. The van der Waals surface area contributed by atoms with Gasteiger partial charge in [-0.1, -0.05) is 30.9 Å². The fourth-order valence-corrected chi connectivity index (χ4v) is 4.35. The molecule has 0 spiro atoms. The molecule has 4 rings (SSSR count). The predicted octanol–water partition coefficient (Wildman–Crippen LogP) is 3.91. The second-order valence-corrected chi connectivity index (χ2v) is 7.99. The molecule has 2 aromatic heterocycles. The van der Waals surface area contributed by atoms with Gasteiger partial charge in [0.15, 0.2) is 0 Å². The molecule has 1 aromatic carbocycles. The van der Waals surface area contributed by atoms with Gasteiger partial charge in [-0.25, -0.2) is 4.98 Å². The minimum absolute atomic E-state index is 0.118. The summed E-state index contributed by atoms with van der Waals surface area (Å²) in [5.74, 6) is -0.162. The molecule has 1 N–H and O–H groups in total. The summed E-state index contributed by atoms with van der Waals surface area (Å²) in [5, 5.41) is 0.993. The van der Waals surface area contributed by atoms with Crippen LogP contribution in [-0.4, -0.2) is 31.8 Å². The van der Waals surface area contributed by atoms with Crippen LogP contribution in [0.4, 0.5) is 0 Å². The van der Waals surface area contributed by atoms with Crippen LogP contribution in [0.1, 0.15) is 59.3 Å². The van der Waals surface area contributed by atoms with Gasteiger partial charge in [0.1, 0.15) is 5.69 Å². The molecule has 2 heterocycles. The zero-order valence-electron chi connectivity index (χ0n) is 16.9. The van der Waals surface area contributed by atoms with Crippen LogP contribution in [0, 0.1) is 13.8 Å². The van der Waals surface area contributed by atoms with Crippen LogP contribution in [0.15, 0.2) is 41.6 Å². The van der Waals surface area contributed by atoms with E-state index in [9.17, 15) is 9.59 Å². The number of rotatable bonds is 4. The van der Waals surface area contributed by atoms with Crippen molar-refractivity contribution >= 4 is 16.8 Å². The number of hydrogen-bond donors (Lipinski definition) is 1. The van der Waals surface area contributed by atoms with E-state index in [2.05, 4.69) is 27.1 Å². The lowest BCUT2D eigenvalue weighted by atomic mass is 9.93. The van der Waals surface area contributed by atoms with Gasteiger partial charge in [0.25, 0.3) is 11.5 Å². The van der Waals surface area contributed by atoms with Gasteiger partial charge in [-0.3, -0.25) is 14.6 Å². The average molecular weight is 390 g/mol. The Hall–Kier alpha value is -3.02. The van der Waals surface area contributed by atoms with Crippen molar-refractivity contribution in [2.75, 3.05) is 0 Å². The second kappa shape index (κ2) is 8.15. The van der Waals surface area contributed by atoms with E-state index in [1.807, 2.05) is 24.8 Å². The maximum Gasteiger partial charge on any atom is 0.274 e. The van der Waals surface area contributed by atoms with Crippen molar-refractivity contribution in [3.8, 4) is 0 Å². The first-order valence-electron chi connectivity index (χ1n) is 10.2. The molecular weight excluding hydrogens is 364 g/mol. The zero-order valence-corrected chi connectivity index (χ0v) is 16.9. The third-order valence-electron chi connectivity index (χ3n) is 5.77. The standard InChI is InChI=1S/C23H26N4O2/c1-15-10-16(2)21-17(11-15)12-18(22(28)26-21)14-27(19-6-4-3-5-7-19)23(29)20-13-24-8-9-25-20/h8-13,19H,3-7,14H2,1-2H3,(H,26,28). The monoisotopic (exact) mass is 390 g/mol. The quantitative estimate of drug-likeness (QED) is 0.732. The molecule has 0 bridgehead atoms. The van der Waals surface area contributed by atoms with Gasteiger partial charge >= 0.3 is 0 Å². The lowest BCUT2D eigenvalue weighted by Crippen LogP contribution is -2.42. The lowest BCUT2D eigenvalue weighted by molar-refractivity contribution is 0.0607. The molecule has 0 atom stereocenters. The van der Waals surface area contributed by atoms with E-state index in [1.165, 1.54) is 18.8 Å². The number of nitrogens with one attached hydrogen (secondary N) is 1. The second-order valence-electron chi connectivity index (χ2n) is 7.99. The summed E-state index contributed by atoms with van der Waals surface area (Å²) in [6.45, 7) is 4.32. The maximum atomic E-state index is 13.2. The summed E-state index contributed by atoms with van der Waals surface area (Å²) in [5.41, 5.74) is 3.83. The highest BCUT2D eigenvalue weighted by atomic mass is 16.2. The van der Waals surface area contributed by atoms with E-state index in [-0.39, 0.29) is 24.1 Å². The average Bonchev–Trinajstić information content (AvgIpc) is 2.73. The Labute approximate surface area is 170 Å². The fourth-order valence-electron chi connectivity index (χ4n) is 4.35. The highest BCUT2D eigenvalue weighted by Gasteiger charge is 2.28. The van der Waals surface area contributed by atoms with Gasteiger partial charge < -0.3 is 9.88 Å². The predicted molar refractivity (Wildman–Crippen MR) is 113 cm³/mol. The summed E-state index contributed by atoms with van der Waals surface area (Å²) in [7, 11) is 0. The molecule has 0 radical (unpaired) electrons. The molecule has 1 aliphatic carbocycles. The van der Waals surface area contributed by atoms with Crippen LogP contribution in [0.3, 0.4) is 0 Å². The molecule has 1 aliphatic rings. The van der Waals surface area contributed by atoms with E-state index in [0.29, 0.717) is 11.3 Å². The van der Waals surface area contributed by atoms with Gasteiger partial charge in [-0.15, -0.1) is 0 Å². The molecule has 1 fully saturated rings. The first-order chi connectivity index (χ1) is 14.0. The van der Waals surface area contributed by atoms with E-state index in [0.717, 1.165) is 47.7 Å². The molecule has 1 amide bonds. The molecule has 3 aromatic rings. The van der Waals surface area contributed by atoms with Crippen LogP contribution in [-0.2, 0) is 6.54 Å². The normalized spacial score (nSPS) is 14.8. The number of pyridine rings is 1. The zero-order chi connectivity index (χ0) is 20.4. The third-order valence-corrected chi connectivity index (χ3v) is 5.77. The van der Waals surface area contributed by atoms with Crippen LogP contribution in [0.5, 0.6) is 0 Å². The number of hydrogen-bond acceptors (Lipinski definition) is 4. The van der Waals surface area contributed by atoms with Crippen molar-refractivity contribution in [3.05, 3.63) is 69.5 Å². The Balaban J connectivity index is 1.73. The SMILES string of the molecule is Cc1cc(C)c2[nH]c(=O)c(CN(C(=O)c3cnccn3)C3CCCCC3)cc2c1. The first-order valence-corrected chi connectivity index (χ1v) is 10.2. The molecule has 0 aliphatic heterocycles. The Morgan fingerprint density at radius 3 is 2.66 bits per heavy atom. The number of carbonyl (C=O) groups excluding carboxylic acids is 1. The van der Waals surface area contributed by atoms with Crippen molar-refractivity contribution in [1.82, 2.24) is 19.9 Å². The lowest BCUT2D eigenvalue weighted by Gasteiger charge is -2.34. The summed E-state index contributed by atoms with van der Waals surface area (Å²) < 4.78 is 0. The number of benzene rings is 1. The number of aromatic nitrogens is 3. The number of aryl methyl sites for hydroxylation is 2.